The number of hydrogen-bond acceptors (Lipinski definition) is 4. The SMILES string of the molecule is CNCc1cccc(S(=O)(=O)N(C)C(C)COC)c1C. The van der Waals surface area contributed by atoms with E-state index < -0.39 is 10.0 Å². The molecule has 6 heteroatoms. The standard InChI is InChI=1S/C14H24N2O3S/c1-11(10-19-5)16(4)20(17,18)14-8-6-7-13(9-15-3)12(14)2/h6-8,11,15H,9-10H2,1-5H3. The summed E-state index contributed by atoms with van der Waals surface area (Å²) >= 11 is 0. The zero-order chi connectivity index (χ0) is 15.3. The number of likely N-dealkylation sites (N-methyl/N-ethyl adjacent to an activating group) is 1. The average molecular weight is 300 g/mol. The molecular weight excluding hydrogens is 276 g/mol. The first kappa shape index (κ1) is 17.1. The Bertz CT molecular complexity index is 543. The molecular formula is C14H24N2O3S. The second kappa shape index (κ2) is 7.17. The van der Waals surface area contributed by atoms with Gasteiger partial charge in [-0.2, -0.15) is 4.31 Å². The minimum absolute atomic E-state index is 0.211. The Morgan fingerprint density at radius 1 is 1.40 bits per heavy atom. The molecule has 114 valence electrons. The molecule has 20 heavy (non-hydrogen) atoms. The van der Waals surface area contributed by atoms with Crippen molar-refractivity contribution in [1.29, 1.82) is 0 Å². The third-order valence-corrected chi connectivity index (χ3v) is 5.57. The maximum atomic E-state index is 12.7. The second-order valence-corrected chi connectivity index (χ2v) is 6.86. The Hall–Kier alpha value is -0.950. The molecule has 0 aliphatic carbocycles. The van der Waals surface area contributed by atoms with Crippen LogP contribution in [0, 0.1) is 6.92 Å². The Labute approximate surface area is 122 Å². The van der Waals surface area contributed by atoms with Gasteiger partial charge >= 0.3 is 0 Å². The van der Waals surface area contributed by atoms with Crippen LogP contribution in [0.1, 0.15) is 18.1 Å². The van der Waals surface area contributed by atoms with Gasteiger partial charge in [-0.25, -0.2) is 8.42 Å². The van der Waals surface area contributed by atoms with Crippen molar-refractivity contribution in [3.8, 4) is 0 Å². The molecule has 1 rings (SSSR count). The van der Waals surface area contributed by atoms with Crippen LogP contribution < -0.4 is 5.32 Å². The molecule has 0 aromatic heterocycles. The Morgan fingerprint density at radius 3 is 2.60 bits per heavy atom. The number of nitrogens with one attached hydrogen (secondary N) is 1. The number of ether oxygens (including phenoxy) is 1. The molecule has 0 aliphatic rings. The van der Waals surface area contributed by atoms with E-state index in [4.69, 9.17) is 4.74 Å². The lowest BCUT2D eigenvalue weighted by Crippen LogP contribution is -2.38. The van der Waals surface area contributed by atoms with Crippen molar-refractivity contribution in [3.63, 3.8) is 0 Å². The summed E-state index contributed by atoms with van der Waals surface area (Å²) in [5, 5.41) is 3.05. The molecule has 1 unspecified atom stereocenters. The van der Waals surface area contributed by atoms with Crippen LogP contribution in [0.5, 0.6) is 0 Å². The van der Waals surface area contributed by atoms with Crippen LogP contribution in [0.15, 0.2) is 23.1 Å². The third-order valence-electron chi connectivity index (χ3n) is 3.45. The van der Waals surface area contributed by atoms with E-state index >= 15 is 0 Å². The Kier molecular flexibility index (Phi) is 6.13. The molecule has 1 atom stereocenters. The summed E-state index contributed by atoms with van der Waals surface area (Å²) in [6.45, 7) is 4.68. The van der Waals surface area contributed by atoms with Gasteiger partial charge in [-0.3, -0.25) is 0 Å². The minimum Gasteiger partial charge on any atom is -0.383 e. The van der Waals surface area contributed by atoms with Crippen molar-refractivity contribution in [3.05, 3.63) is 29.3 Å². The van der Waals surface area contributed by atoms with Gasteiger partial charge in [0.15, 0.2) is 0 Å². The topological polar surface area (TPSA) is 58.6 Å². The quantitative estimate of drug-likeness (QED) is 0.826. The number of nitrogens with zero attached hydrogens (tertiary/aromatic N) is 1. The molecule has 0 spiro atoms. The Morgan fingerprint density at radius 2 is 2.05 bits per heavy atom. The van der Waals surface area contributed by atoms with Crippen molar-refractivity contribution >= 4 is 10.0 Å². The van der Waals surface area contributed by atoms with Crippen molar-refractivity contribution in [1.82, 2.24) is 9.62 Å². The molecule has 0 saturated heterocycles. The van der Waals surface area contributed by atoms with Crippen molar-refractivity contribution in [2.75, 3.05) is 27.8 Å². The number of methoxy groups -OCH3 is 1. The number of sulfonamides is 1. The lowest BCUT2D eigenvalue weighted by Gasteiger charge is -2.25. The summed E-state index contributed by atoms with van der Waals surface area (Å²) in [5.74, 6) is 0. The largest absolute Gasteiger partial charge is 0.383 e. The molecule has 0 aliphatic heterocycles. The maximum absolute atomic E-state index is 12.7. The fourth-order valence-corrected chi connectivity index (χ4v) is 3.67. The summed E-state index contributed by atoms with van der Waals surface area (Å²) < 4.78 is 31.7. The maximum Gasteiger partial charge on any atom is 0.243 e. The molecule has 0 amide bonds. The number of rotatable bonds is 7. The normalized spacial score (nSPS) is 13.7. The van der Waals surface area contributed by atoms with Gasteiger partial charge in [-0.1, -0.05) is 12.1 Å². The first-order valence-electron chi connectivity index (χ1n) is 6.56. The van der Waals surface area contributed by atoms with Crippen molar-refractivity contribution in [2.24, 2.45) is 0 Å². The molecule has 1 N–H and O–H groups in total. The fourth-order valence-electron chi connectivity index (χ4n) is 2.06. The van der Waals surface area contributed by atoms with E-state index in [1.54, 1.807) is 26.3 Å². The van der Waals surface area contributed by atoms with Crippen LogP contribution in [0.2, 0.25) is 0 Å². The minimum atomic E-state index is -3.51. The van der Waals surface area contributed by atoms with E-state index in [0.29, 0.717) is 18.0 Å². The zero-order valence-corrected chi connectivity index (χ0v) is 13.6. The summed E-state index contributed by atoms with van der Waals surface area (Å²) in [6, 6.07) is 5.15. The first-order valence-corrected chi connectivity index (χ1v) is 8.00. The monoisotopic (exact) mass is 300 g/mol. The van der Waals surface area contributed by atoms with Crippen LogP contribution in [-0.4, -0.2) is 46.6 Å². The smallest absolute Gasteiger partial charge is 0.243 e. The van der Waals surface area contributed by atoms with Crippen molar-refractivity contribution < 1.29 is 13.2 Å². The van der Waals surface area contributed by atoms with Gasteiger partial charge in [0.1, 0.15) is 0 Å². The van der Waals surface area contributed by atoms with Gasteiger partial charge in [0, 0.05) is 26.7 Å². The van der Waals surface area contributed by atoms with Gasteiger partial charge in [-0.05, 0) is 38.1 Å². The van der Waals surface area contributed by atoms with Gasteiger partial charge < -0.3 is 10.1 Å². The molecule has 5 nitrogen and oxygen atoms in total. The van der Waals surface area contributed by atoms with E-state index in [9.17, 15) is 8.42 Å². The van der Waals surface area contributed by atoms with Crippen LogP contribution in [0.3, 0.4) is 0 Å². The highest BCUT2D eigenvalue weighted by molar-refractivity contribution is 7.89. The van der Waals surface area contributed by atoms with E-state index in [1.165, 1.54) is 4.31 Å². The predicted molar refractivity (Wildman–Crippen MR) is 80.2 cm³/mol. The fraction of sp³-hybridized carbons (Fsp3) is 0.571. The van der Waals surface area contributed by atoms with E-state index in [2.05, 4.69) is 5.32 Å². The molecule has 0 heterocycles. The van der Waals surface area contributed by atoms with E-state index in [1.807, 2.05) is 27.0 Å². The molecule has 0 fully saturated rings. The molecule has 1 aromatic carbocycles. The lowest BCUT2D eigenvalue weighted by atomic mass is 10.1. The van der Waals surface area contributed by atoms with E-state index in [-0.39, 0.29) is 6.04 Å². The molecule has 0 radical (unpaired) electrons. The zero-order valence-electron chi connectivity index (χ0n) is 12.8. The van der Waals surface area contributed by atoms with Crippen LogP contribution in [-0.2, 0) is 21.3 Å². The Balaban J connectivity index is 3.19. The number of benzene rings is 1. The van der Waals surface area contributed by atoms with Crippen molar-refractivity contribution in [2.45, 2.75) is 31.3 Å². The van der Waals surface area contributed by atoms with Gasteiger partial charge in [0.2, 0.25) is 10.0 Å². The molecule has 0 saturated carbocycles. The number of hydrogen-bond donors (Lipinski definition) is 1. The highest BCUT2D eigenvalue weighted by atomic mass is 32.2. The summed E-state index contributed by atoms with van der Waals surface area (Å²) in [7, 11) is 1.49. The second-order valence-electron chi connectivity index (χ2n) is 4.90. The average Bonchev–Trinajstić information content (AvgIpc) is 2.40. The van der Waals surface area contributed by atoms with E-state index in [0.717, 1.165) is 11.1 Å². The third kappa shape index (κ3) is 3.58. The van der Waals surface area contributed by atoms with Gasteiger partial charge in [0.05, 0.1) is 11.5 Å². The summed E-state index contributed by atoms with van der Waals surface area (Å²) in [4.78, 5) is 0.357. The highest BCUT2D eigenvalue weighted by Gasteiger charge is 2.27. The lowest BCUT2D eigenvalue weighted by molar-refractivity contribution is 0.149. The van der Waals surface area contributed by atoms with Gasteiger partial charge in [-0.15, -0.1) is 0 Å². The molecule has 0 bridgehead atoms. The van der Waals surface area contributed by atoms with Crippen LogP contribution >= 0.6 is 0 Å². The van der Waals surface area contributed by atoms with Crippen LogP contribution in [0.25, 0.3) is 0 Å². The first-order chi connectivity index (χ1) is 9.36. The van der Waals surface area contributed by atoms with Gasteiger partial charge in [0.25, 0.3) is 0 Å². The van der Waals surface area contributed by atoms with Crippen LogP contribution in [0.4, 0.5) is 0 Å². The molecule has 1 aromatic rings. The summed E-state index contributed by atoms with van der Waals surface area (Å²) in [6.07, 6.45) is 0. The predicted octanol–water partition coefficient (Wildman–Crippen LogP) is 1.37. The highest BCUT2D eigenvalue weighted by Crippen LogP contribution is 2.23. The summed E-state index contributed by atoms with van der Waals surface area (Å²) in [5.41, 5.74) is 1.78.